The van der Waals surface area contributed by atoms with Gasteiger partial charge in [-0.1, -0.05) is 46.3 Å². The molecule has 0 saturated carbocycles. The summed E-state index contributed by atoms with van der Waals surface area (Å²) in [7, 11) is 0. The highest BCUT2D eigenvalue weighted by Crippen LogP contribution is 2.47. The molecule has 0 amide bonds. The van der Waals surface area contributed by atoms with Crippen molar-refractivity contribution in [1.29, 1.82) is 0 Å². The van der Waals surface area contributed by atoms with Gasteiger partial charge in [-0.05, 0) is 43.7 Å². The molecule has 0 aliphatic carbocycles. The zero-order valence-electron chi connectivity index (χ0n) is 15.7. The van der Waals surface area contributed by atoms with Gasteiger partial charge in [0.1, 0.15) is 4.70 Å². The van der Waals surface area contributed by atoms with Crippen molar-refractivity contribution in [1.82, 2.24) is 0 Å². The van der Waals surface area contributed by atoms with Crippen LogP contribution in [0, 0.1) is 0 Å². The molecule has 1 aliphatic heterocycles. The summed E-state index contributed by atoms with van der Waals surface area (Å²) in [4.78, 5) is 14.3. The fourth-order valence-corrected chi connectivity index (χ4v) is 6.06. The maximum absolute atomic E-state index is 10.9. The van der Waals surface area contributed by atoms with Gasteiger partial charge in [-0.2, -0.15) is 4.57 Å². The maximum Gasteiger partial charge on any atom is 0.265 e. The Labute approximate surface area is 187 Å². The van der Waals surface area contributed by atoms with Gasteiger partial charge in [0.15, 0.2) is 6.54 Å². The van der Waals surface area contributed by atoms with E-state index in [1.54, 1.807) is 23.1 Å². The van der Waals surface area contributed by atoms with E-state index < -0.39 is 5.97 Å². The number of carboxylic acids is 1. The van der Waals surface area contributed by atoms with Crippen LogP contribution in [0.3, 0.4) is 0 Å². The molecule has 2 heterocycles. The average Bonchev–Trinajstić information content (AvgIpc) is 3.18. The first kappa shape index (κ1) is 20.5. The minimum absolute atomic E-state index is 0.0285. The topological polar surface area (TPSA) is 47.2 Å². The number of carbonyl (C=O) groups is 1. The number of aromatic nitrogens is 1. The molecule has 1 aliphatic rings. The SMILES string of the molecule is CCN1/C(=C/c2sc3ccc(Cl)cc3[n+]2CCCC(=O)[O-])Sc2ccc(Cl)cc21. The molecule has 29 heavy (non-hydrogen) atoms. The van der Waals surface area contributed by atoms with Crippen molar-refractivity contribution >= 4 is 74.2 Å². The van der Waals surface area contributed by atoms with E-state index >= 15 is 0 Å². The van der Waals surface area contributed by atoms with Gasteiger partial charge in [0.05, 0.1) is 16.8 Å². The van der Waals surface area contributed by atoms with Crippen molar-refractivity contribution in [3.63, 3.8) is 0 Å². The smallest absolute Gasteiger partial charge is 0.265 e. The summed E-state index contributed by atoms with van der Waals surface area (Å²) in [6.45, 7) is 3.53. The second-order valence-corrected chi connectivity index (χ2v) is 9.62. The average molecular weight is 465 g/mol. The van der Waals surface area contributed by atoms with E-state index in [2.05, 4.69) is 22.5 Å². The molecule has 0 N–H and O–H groups in total. The predicted molar refractivity (Wildman–Crippen MR) is 120 cm³/mol. The van der Waals surface area contributed by atoms with Crippen LogP contribution in [-0.4, -0.2) is 12.5 Å². The van der Waals surface area contributed by atoms with E-state index in [0.717, 1.165) is 37.5 Å². The Morgan fingerprint density at radius 2 is 1.97 bits per heavy atom. The summed E-state index contributed by atoms with van der Waals surface area (Å²) in [6.07, 6.45) is 2.70. The Hall–Kier alpha value is -1.73. The lowest BCUT2D eigenvalue weighted by molar-refractivity contribution is -0.669. The first-order valence-electron chi connectivity index (χ1n) is 9.24. The third-order valence-electron chi connectivity index (χ3n) is 4.71. The summed E-state index contributed by atoms with van der Waals surface area (Å²) in [5.41, 5.74) is 2.13. The number of aliphatic carboxylic acids is 1. The van der Waals surface area contributed by atoms with E-state index in [4.69, 9.17) is 23.2 Å². The summed E-state index contributed by atoms with van der Waals surface area (Å²) < 4.78 is 3.26. The van der Waals surface area contributed by atoms with Gasteiger partial charge in [0.2, 0.25) is 5.52 Å². The van der Waals surface area contributed by atoms with Gasteiger partial charge in [-0.3, -0.25) is 0 Å². The van der Waals surface area contributed by atoms with Crippen LogP contribution >= 0.6 is 46.3 Å². The Bertz CT molecular complexity index is 1130. The number of thiazole rings is 1. The number of halogens is 2. The standard InChI is InChI=1S/C21H18Cl2N2O2S2/c1-2-24-15-10-13(22)5-7-17(15)28-19(24)12-20-25(9-3-4-21(26)27)16-11-14(23)6-8-18(16)29-20/h5-8,10-12H,2-4,9H2,1H3. The number of thioether (sulfide) groups is 1. The number of nitrogens with zero attached hydrogens (tertiary/aromatic N) is 2. The highest BCUT2D eigenvalue weighted by molar-refractivity contribution is 8.03. The second-order valence-electron chi connectivity index (χ2n) is 6.62. The van der Waals surface area contributed by atoms with Gasteiger partial charge >= 0.3 is 0 Å². The fraction of sp³-hybridized carbons (Fsp3) is 0.238. The number of rotatable bonds is 6. The summed E-state index contributed by atoms with van der Waals surface area (Å²) >= 11 is 15.8. The third-order valence-corrected chi connectivity index (χ3v) is 7.41. The molecular weight excluding hydrogens is 447 g/mol. The molecule has 4 nitrogen and oxygen atoms in total. The van der Waals surface area contributed by atoms with Crippen LogP contribution in [0.5, 0.6) is 0 Å². The summed E-state index contributed by atoms with van der Waals surface area (Å²) in [6, 6.07) is 11.8. The largest absolute Gasteiger partial charge is 0.550 e. The van der Waals surface area contributed by atoms with Gasteiger partial charge in [0.25, 0.3) is 5.01 Å². The van der Waals surface area contributed by atoms with Crippen LogP contribution in [0.4, 0.5) is 5.69 Å². The molecule has 2 aromatic carbocycles. The van der Waals surface area contributed by atoms with Crippen molar-refractivity contribution in [3.8, 4) is 0 Å². The van der Waals surface area contributed by atoms with Crippen molar-refractivity contribution in [2.75, 3.05) is 11.4 Å². The number of carboxylic acid groups (broad SMARTS) is 1. The maximum atomic E-state index is 10.9. The van der Waals surface area contributed by atoms with Gasteiger partial charge in [-0.25, -0.2) is 0 Å². The molecule has 0 spiro atoms. The molecule has 0 bridgehead atoms. The van der Waals surface area contributed by atoms with Gasteiger partial charge < -0.3 is 14.8 Å². The third kappa shape index (κ3) is 4.26. The zero-order chi connectivity index (χ0) is 20.5. The molecule has 3 aromatic rings. The molecule has 0 saturated heterocycles. The lowest BCUT2D eigenvalue weighted by Gasteiger charge is -2.17. The van der Waals surface area contributed by atoms with Crippen LogP contribution in [0.25, 0.3) is 16.3 Å². The normalized spacial score (nSPS) is 14.7. The molecule has 0 fully saturated rings. The minimum atomic E-state index is -1.03. The minimum Gasteiger partial charge on any atom is -0.550 e. The van der Waals surface area contributed by atoms with Gasteiger partial charge in [0, 0.05) is 39.9 Å². The van der Waals surface area contributed by atoms with Crippen molar-refractivity contribution < 1.29 is 14.5 Å². The number of hydrogen-bond acceptors (Lipinski definition) is 5. The van der Waals surface area contributed by atoms with Crippen LogP contribution in [0.15, 0.2) is 46.3 Å². The monoisotopic (exact) mass is 464 g/mol. The van der Waals surface area contributed by atoms with E-state index in [0.29, 0.717) is 18.0 Å². The Morgan fingerprint density at radius 3 is 2.72 bits per heavy atom. The lowest BCUT2D eigenvalue weighted by atomic mass is 10.3. The van der Waals surface area contributed by atoms with Crippen LogP contribution < -0.4 is 14.6 Å². The molecular formula is C21H18Cl2N2O2S2. The highest BCUT2D eigenvalue weighted by atomic mass is 35.5. The molecule has 4 rings (SSSR count). The molecule has 0 unspecified atom stereocenters. The number of anilines is 1. The molecule has 8 heteroatoms. The number of fused-ring (bicyclic) bond motifs is 2. The Morgan fingerprint density at radius 1 is 1.21 bits per heavy atom. The van der Waals surface area contributed by atoms with Crippen LogP contribution in [-0.2, 0) is 11.3 Å². The number of hydrogen-bond donors (Lipinski definition) is 0. The molecule has 1 aromatic heterocycles. The lowest BCUT2D eigenvalue weighted by Crippen LogP contribution is -2.36. The zero-order valence-corrected chi connectivity index (χ0v) is 18.8. The first-order chi connectivity index (χ1) is 14.0. The van der Waals surface area contributed by atoms with Crippen LogP contribution in [0.2, 0.25) is 10.0 Å². The van der Waals surface area contributed by atoms with Crippen molar-refractivity contribution in [3.05, 3.63) is 56.5 Å². The van der Waals surface area contributed by atoms with Crippen LogP contribution in [0.1, 0.15) is 24.8 Å². The molecule has 0 radical (unpaired) electrons. The van der Waals surface area contributed by atoms with Gasteiger partial charge in [-0.15, -0.1) is 0 Å². The van der Waals surface area contributed by atoms with E-state index in [1.165, 1.54) is 4.90 Å². The van der Waals surface area contributed by atoms with E-state index in [-0.39, 0.29) is 6.42 Å². The molecule has 150 valence electrons. The number of carbonyl (C=O) groups excluding carboxylic acids is 1. The fourth-order valence-electron chi connectivity index (χ4n) is 3.41. The van der Waals surface area contributed by atoms with E-state index in [9.17, 15) is 9.90 Å². The number of benzene rings is 2. The Kier molecular flexibility index (Phi) is 6.06. The summed E-state index contributed by atoms with van der Waals surface area (Å²) in [5, 5.41) is 14.4. The summed E-state index contributed by atoms with van der Waals surface area (Å²) in [5.74, 6) is -1.03. The van der Waals surface area contributed by atoms with Crippen molar-refractivity contribution in [2.45, 2.75) is 31.2 Å². The van der Waals surface area contributed by atoms with E-state index in [1.807, 2.05) is 36.4 Å². The quantitative estimate of drug-likeness (QED) is 0.483. The van der Waals surface area contributed by atoms with Crippen molar-refractivity contribution in [2.24, 2.45) is 0 Å². The first-order valence-corrected chi connectivity index (χ1v) is 11.6. The highest BCUT2D eigenvalue weighted by Gasteiger charge is 2.27. The number of aryl methyl sites for hydroxylation is 1. The second kappa shape index (κ2) is 8.56. The Balaban J connectivity index is 1.76. The molecule has 0 atom stereocenters. The predicted octanol–water partition coefficient (Wildman–Crippen LogP) is 4.96.